The number of anilines is 1. The molecule has 4 nitrogen and oxygen atoms in total. The van der Waals surface area contributed by atoms with Crippen molar-refractivity contribution in [2.75, 3.05) is 18.9 Å². The predicted molar refractivity (Wildman–Crippen MR) is 69.3 cm³/mol. The van der Waals surface area contributed by atoms with Gasteiger partial charge in [-0.05, 0) is 36.6 Å². The number of benzene rings is 1. The molecule has 98 valence electrons. The van der Waals surface area contributed by atoms with Crippen LogP contribution in [0.3, 0.4) is 0 Å². The van der Waals surface area contributed by atoms with Gasteiger partial charge in [-0.1, -0.05) is 19.3 Å². The number of esters is 1. The second kappa shape index (κ2) is 6.28. The van der Waals surface area contributed by atoms with E-state index in [1.807, 2.05) is 0 Å². The molecule has 4 heteroatoms. The van der Waals surface area contributed by atoms with E-state index in [0.29, 0.717) is 18.0 Å². The minimum absolute atomic E-state index is 0.0470. The van der Waals surface area contributed by atoms with Crippen molar-refractivity contribution in [2.24, 2.45) is 5.92 Å². The van der Waals surface area contributed by atoms with Gasteiger partial charge in [0.1, 0.15) is 5.75 Å². The summed E-state index contributed by atoms with van der Waals surface area (Å²) in [6.45, 7) is 0.461. The molecule has 2 rings (SSSR count). The maximum Gasteiger partial charge on any atom is 0.344 e. The topological polar surface area (TPSA) is 61.5 Å². The highest BCUT2D eigenvalue weighted by Gasteiger charge is 2.17. The SMILES string of the molecule is Nc1ccc(OCC(=O)OCCC2CCC2)cc1. The van der Waals surface area contributed by atoms with Gasteiger partial charge in [0.25, 0.3) is 0 Å². The first kappa shape index (κ1) is 12.7. The number of hydrogen-bond acceptors (Lipinski definition) is 4. The Morgan fingerprint density at radius 3 is 2.61 bits per heavy atom. The van der Waals surface area contributed by atoms with Gasteiger partial charge in [-0.3, -0.25) is 0 Å². The smallest absolute Gasteiger partial charge is 0.344 e. The third-order valence-corrected chi connectivity index (χ3v) is 3.25. The zero-order chi connectivity index (χ0) is 12.8. The van der Waals surface area contributed by atoms with Crippen molar-refractivity contribution in [1.82, 2.24) is 0 Å². The van der Waals surface area contributed by atoms with Gasteiger partial charge < -0.3 is 15.2 Å². The molecule has 18 heavy (non-hydrogen) atoms. The summed E-state index contributed by atoms with van der Waals surface area (Å²) < 4.78 is 10.4. The average molecular weight is 249 g/mol. The number of hydrogen-bond donors (Lipinski definition) is 1. The Labute approximate surface area is 107 Å². The van der Waals surface area contributed by atoms with Crippen molar-refractivity contribution in [3.05, 3.63) is 24.3 Å². The van der Waals surface area contributed by atoms with E-state index >= 15 is 0 Å². The molecule has 0 aliphatic heterocycles. The van der Waals surface area contributed by atoms with Crippen LogP contribution in [0.15, 0.2) is 24.3 Å². The standard InChI is InChI=1S/C14H19NO3/c15-12-4-6-13(7-5-12)18-10-14(16)17-9-8-11-2-1-3-11/h4-7,11H,1-3,8-10,15H2. The molecule has 0 saturated heterocycles. The van der Waals surface area contributed by atoms with E-state index in [2.05, 4.69) is 0 Å². The highest BCUT2D eigenvalue weighted by molar-refractivity contribution is 5.71. The number of nitrogen functional groups attached to an aromatic ring is 1. The fourth-order valence-corrected chi connectivity index (χ4v) is 1.87. The molecule has 0 atom stereocenters. The zero-order valence-electron chi connectivity index (χ0n) is 10.4. The Balaban J connectivity index is 1.60. The molecule has 0 aromatic heterocycles. The van der Waals surface area contributed by atoms with Crippen LogP contribution < -0.4 is 10.5 Å². The lowest BCUT2D eigenvalue weighted by Crippen LogP contribution is -2.19. The second-order valence-electron chi connectivity index (χ2n) is 4.66. The van der Waals surface area contributed by atoms with Crippen LogP contribution in [-0.2, 0) is 9.53 Å². The monoisotopic (exact) mass is 249 g/mol. The Bertz CT molecular complexity index is 385. The molecule has 0 radical (unpaired) electrons. The third kappa shape index (κ3) is 3.95. The van der Waals surface area contributed by atoms with E-state index in [4.69, 9.17) is 15.2 Å². The first-order valence-corrected chi connectivity index (χ1v) is 6.38. The van der Waals surface area contributed by atoms with Crippen LogP contribution in [-0.4, -0.2) is 19.2 Å². The van der Waals surface area contributed by atoms with Gasteiger partial charge in [0.2, 0.25) is 0 Å². The lowest BCUT2D eigenvalue weighted by molar-refractivity contribution is -0.146. The van der Waals surface area contributed by atoms with Gasteiger partial charge >= 0.3 is 5.97 Å². The van der Waals surface area contributed by atoms with Gasteiger partial charge in [0.15, 0.2) is 6.61 Å². The molecule has 1 aliphatic rings. The second-order valence-corrected chi connectivity index (χ2v) is 4.66. The van der Waals surface area contributed by atoms with Gasteiger partial charge in [0.05, 0.1) is 6.61 Å². The minimum Gasteiger partial charge on any atom is -0.482 e. The molecule has 0 spiro atoms. The van der Waals surface area contributed by atoms with E-state index in [-0.39, 0.29) is 12.6 Å². The summed E-state index contributed by atoms with van der Waals surface area (Å²) >= 11 is 0. The summed E-state index contributed by atoms with van der Waals surface area (Å²) in [4.78, 5) is 11.4. The largest absolute Gasteiger partial charge is 0.482 e. The quantitative estimate of drug-likeness (QED) is 0.621. The summed E-state index contributed by atoms with van der Waals surface area (Å²) in [5.74, 6) is 1.07. The summed E-state index contributed by atoms with van der Waals surface area (Å²) in [6, 6.07) is 6.93. The van der Waals surface area contributed by atoms with Crippen molar-refractivity contribution >= 4 is 11.7 Å². The van der Waals surface area contributed by atoms with Crippen LogP contribution in [0.5, 0.6) is 5.75 Å². The Morgan fingerprint density at radius 2 is 2.00 bits per heavy atom. The van der Waals surface area contributed by atoms with Crippen molar-refractivity contribution in [3.63, 3.8) is 0 Å². The van der Waals surface area contributed by atoms with Crippen LogP contribution in [0.25, 0.3) is 0 Å². The van der Waals surface area contributed by atoms with Crippen LogP contribution in [0, 0.1) is 5.92 Å². The molecule has 1 saturated carbocycles. The Hall–Kier alpha value is -1.71. The van der Waals surface area contributed by atoms with Crippen LogP contribution in [0.1, 0.15) is 25.7 Å². The van der Waals surface area contributed by atoms with Crippen LogP contribution in [0.4, 0.5) is 5.69 Å². The first-order chi connectivity index (χ1) is 8.74. The maximum absolute atomic E-state index is 11.4. The summed E-state index contributed by atoms with van der Waals surface area (Å²) in [5, 5.41) is 0. The number of carbonyl (C=O) groups is 1. The lowest BCUT2D eigenvalue weighted by atomic mass is 9.83. The maximum atomic E-state index is 11.4. The Kier molecular flexibility index (Phi) is 4.45. The predicted octanol–water partition coefficient (Wildman–Crippen LogP) is 2.38. The Morgan fingerprint density at radius 1 is 1.28 bits per heavy atom. The van der Waals surface area contributed by atoms with Gasteiger partial charge in [0, 0.05) is 5.69 Å². The van der Waals surface area contributed by atoms with Crippen molar-refractivity contribution in [3.8, 4) is 5.75 Å². The van der Waals surface area contributed by atoms with Gasteiger partial charge in [-0.15, -0.1) is 0 Å². The fraction of sp³-hybridized carbons (Fsp3) is 0.500. The summed E-state index contributed by atoms with van der Waals surface area (Å²) in [6.07, 6.45) is 4.85. The number of rotatable bonds is 6. The minimum atomic E-state index is -0.314. The summed E-state index contributed by atoms with van der Waals surface area (Å²) in [5.41, 5.74) is 6.22. The van der Waals surface area contributed by atoms with E-state index in [1.54, 1.807) is 24.3 Å². The van der Waals surface area contributed by atoms with Gasteiger partial charge in [-0.2, -0.15) is 0 Å². The van der Waals surface area contributed by atoms with Crippen molar-refractivity contribution < 1.29 is 14.3 Å². The van der Waals surface area contributed by atoms with E-state index in [0.717, 1.165) is 12.3 Å². The molecule has 1 fully saturated rings. The molecule has 1 aromatic rings. The molecule has 1 aromatic carbocycles. The molecule has 1 aliphatic carbocycles. The summed E-state index contributed by atoms with van der Waals surface area (Å²) in [7, 11) is 0. The number of ether oxygens (including phenoxy) is 2. The van der Waals surface area contributed by atoms with Crippen molar-refractivity contribution in [2.45, 2.75) is 25.7 Å². The fourth-order valence-electron chi connectivity index (χ4n) is 1.87. The highest BCUT2D eigenvalue weighted by atomic mass is 16.6. The number of carbonyl (C=O) groups excluding carboxylic acids is 1. The van der Waals surface area contributed by atoms with E-state index < -0.39 is 0 Å². The average Bonchev–Trinajstić information content (AvgIpc) is 2.32. The molecule has 0 amide bonds. The normalized spacial score (nSPS) is 14.9. The molecular formula is C14H19NO3. The van der Waals surface area contributed by atoms with E-state index in [1.165, 1.54) is 19.3 Å². The number of nitrogens with two attached hydrogens (primary N) is 1. The van der Waals surface area contributed by atoms with Crippen LogP contribution in [0.2, 0.25) is 0 Å². The zero-order valence-corrected chi connectivity index (χ0v) is 10.4. The molecule has 0 unspecified atom stereocenters. The van der Waals surface area contributed by atoms with Crippen molar-refractivity contribution in [1.29, 1.82) is 0 Å². The first-order valence-electron chi connectivity index (χ1n) is 6.38. The third-order valence-electron chi connectivity index (χ3n) is 3.25. The highest BCUT2D eigenvalue weighted by Crippen LogP contribution is 2.29. The molecule has 0 bridgehead atoms. The molecule has 2 N–H and O–H groups in total. The van der Waals surface area contributed by atoms with Gasteiger partial charge in [-0.25, -0.2) is 4.79 Å². The van der Waals surface area contributed by atoms with Crippen LogP contribution >= 0.6 is 0 Å². The molecule has 0 heterocycles. The molecular weight excluding hydrogens is 230 g/mol. The van der Waals surface area contributed by atoms with E-state index in [9.17, 15) is 4.79 Å². The lowest BCUT2D eigenvalue weighted by Gasteiger charge is -2.24.